The minimum Gasteiger partial charge on any atom is -0.484 e. The molecule has 0 saturated heterocycles. The first-order chi connectivity index (χ1) is 13.9. The van der Waals surface area contributed by atoms with Crippen LogP contribution < -0.4 is 10.1 Å². The second-order valence-corrected chi connectivity index (χ2v) is 7.75. The van der Waals surface area contributed by atoms with Gasteiger partial charge in [-0.25, -0.2) is 0 Å². The number of hydrogen-bond acceptors (Lipinski definition) is 3. The number of ether oxygens (including phenoxy) is 1. The number of rotatable bonds is 10. The van der Waals surface area contributed by atoms with Gasteiger partial charge in [-0.1, -0.05) is 62.7 Å². The van der Waals surface area contributed by atoms with Gasteiger partial charge in [0.15, 0.2) is 6.61 Å². The van der Waals surface area contributed by atoms with Crippen LogP contribution in [0.25, 0.3) is 0 Å². The van der Waals surface area contributed by atoms with Crippen LogP contribution in [-0.2, 0) is 16.1 Å². The maximum atomic E-state index is 13.0. The predicted molar refractivity (Wildman–Crippen MR) is 116 cm³/mol. The van der Waals surface area contributed by atoms with E-state index in [1.807, 2.05) is 51.1 Å². The van der Waals surface area contributed by atoms with Crippen molar-refractivity contribution in [1.82, 2.24) is 10.2 Å². The maximum Gasteiger partial charge on any atom is 0.261 e. The van der Waals surface area contributed by atoms with E-state index >= 15 is 0 Å². The molecule has 2 rings (SSSR count). The molecule has 2 aromatic rings. The second-order valence-electron chi connectivity index (χ2n) is 7.31. The Balaban J connectivity index is 2.14. The highest BCUT2D eigenvalue weighted by Crippen LogP contribution is 2.17. The van der Waals surface area contributed by atoms with E-state index in [0.29, 0.717) is 36.2 Å². The molecule has 2 amide bonds. The van der Waals surface area contributed by atoms with E-state index in [4.69, 9.17) is 16.3 Å². The van der Waals surface area contributed by atoms with Crippen LogP contribution in [0.5, 0.6) is 5.75 Å². The topological polar surface area (TPSA) is 58.6 Å². The van der Waals surface area contributed by atoms with Crippen LogP contribution >= 0.6 is 11.6 Å². The molecular formula is C23H29ClN2O3. The van der Waals surface area contributed by atoms with Gasteiger partial charge in [-0.3, -0.25) is 9.59 Å². The average molecular weight is 417 g/mol. The van der Waals surface area contributed by atoms with Crippen molar-refractivity contribution < 1.29 is 14.3 Å². The molecule has 5 nitrogen and oxygen atoms in total. The molecule has 0 unspecified atom stereocenters. The fraction of sp³-hybridized carbons (Fsp3) is 0.391. The molecule has 0 radical (unpaired) electrons. The summed E-state index contributed by atoms with van der Waals surface area (Å²) >= 11 is 5.89. The fourth-order valence-electron chi connectivity index (χ4n) is 2.88. The number of halogens is 1. The summed E-state index contributed by atoms with van der Waals surface area (Å²) in [5.41, 5.74) is 0.961. The van der Waals surface area contributed by atoms with Crippen molar-refractivity contribution in [1.29, 1.82) is 0 Å². The van der Waals surface area contributed by atoms with Crippen LogP contribution in [0.2, 0.25) is 5.02 Å². The molecule has 0 fully saturated rings. The molecule has 0 aliphatic rings. The molecule has 0 saturated carbocycles. The molecule has 1 atom stereocenters. The predicted octanol–water partition coefficient (Wildman–Crippen LogP) is 4.30. The van der Waals surface area contributed by atoms with Gasteiger partial charge in [0.25, 0.3) is 5.91 Å². The Morgan fingerprint density at radius 3 is 2.31 bits per heavy atom. The third kappa shape index (κ3) is 7.42. The van der Waals surface area contributed by atoms with Gasteiger partial charge in [-0.2, -0.15) is 0 Å². The number of carbonyl (C=O) groups is 2. The van der Waals surface area contributed by atoms with Crippen LogP contribution in [-0.4, -0.2) is 35.9 Å². The van der Waals surface area contributed by atoms with Crippen molar-refractivity contribution >= 4 is 23.4 Å². The maximum absolute atomic E-state index is 13.0. The average Bonchev–Trinajstić information content (AvgIpc) is 2.72. The van der Waals surface area contributed by atoms with Crippen LogP contribution in [0.15, 0.2) is 54.6 Å². The van der Waals surface area contributed by atoms with Gasteiger partial charge < -0.3 is 15.0 Å². The fourth-order valence-corrected chi connectivity index (χ4v) is 3.01. The zero-order valence-corrected chi connectivity index (χ0v) is 18.0. The largest absolute Gasteiger partial charge is 0.484 e. The van der Waals surface area contributed by atoms with E-state index in [1.54, 1.807) is 29.2 Å². The van der Waals surface area contributed by atoms with Gasteiger partial charge in [0.1, 0.15) is 11.8 Å². The minimum absolute atomic E-state index is 0.142. The molecule has 0 aliphatic heterocycles. The standard InChI is InChI=1S/C23H29ClN2O3/c1-4-21(23(28)25-14-17(2)3)26(15-18-8-6-5-7-9-18)22(27)16-29-20-12-10-19(24)11-13-20/h5-13,17,21H,4,14-16H2,1-3H3,(H,25,28)/t21-/m1/s1. The summed E-state index contributed by atoms with van der Waals surface area (Å²) in [6.45, 7) is 6.75. The molecule has 156 valence electrons. The van der Waals surface area contributed by atoms with Crippen molar-refractivity contribution in [3.8, 4) is 5.75 Å². The summed E-state index contributed by atoms with van der Waals surface area (Å²) in [6.07, 6.45) is 0.517. The Kier molecular flexibility index (Phi) is 9.00. The molecule has 0 bridgehead atoms. The first kappa shape index (κ1) is 22.8. The summed E-state index contributed by atoms with van der Waals surface area (Å²) in [7, 11) is 0. The SMILES string of the molecule is CC[C@H](C(=O)NCC(C)C)N(Cc1ccccc1)C(=O)COc1ccc(Cl)cc1. The number of carbonyl (C=O) groups excluding carboxylic acids is 2. The summed E-state index contributed by atoms with van der Waals surface area (Å²) < 4.78 is 5.63. The molecule has 29 heavy (non-hydrogen) atoms. The van der Waals surface area contributed by atoms with E-state index < -0.39 is 6.04 Å². The molecule has 6 heteroatoms. The number of nitrogens with zero attached hydrogens (tertiary/aromatic N) is 1. The van der Waals surface area contributed by atoms with Crippen LogP contribution in [0.3, 0.4) is 0 Å². The lowest BCUT2D eigenvalue weighted by Crippen LogP contribution is -2.50. The van der Waals surface area contributed by atoms with Crippen LogP contribution in [0.4, 0.5) is 0 Å². The van der Waals surface area contributed by atoms with Crippen LogP contribution in [0.1, 0.15) is 32.8 Å². The number of hydrogen-bond donors (Lipinski definition) is 1. The Labute approximate surface area is 178 Å². The molecule has 2 aromatic carbocycles. The highest BCUT2D eigenvalue weighted by Gasteiger charge is 2.28. The molecule has 0 aliphatic carbocycles. The molecule has 0 spiro atoms. The first-order valence-electron chi connectivity index (χ1n) is 9.90. The second kappa shape index (κ2) is 11.5. The number of benzene rings is 2. The van der Waals surface area contributed by atoms with Gasteiger partial charge in [-0.15, -0.1) is 0 Å². The first-order valence-corrected chi connectivity index (χ1v) is 10.3. The lowest BCUT2D eigenvalue weighted by molar-refractivity contribution is -0.143. The zero-order valence-electron chi connectivity index (χ0n) is 17.2. The normalized spacial score (nSPS) is 11.8. The van der Waals surface area contributed by atoms with E-state index in [1.165, 1.54) is 0 Å². The van der Waals surface area contributed by atoms with Crippen molar-refractivity contribution in [2.24, 2.45) is 5.92 Å². The molecule has 0 aromatic heterocycles. The lowest BCUT2D eigenvalue weighted by Gasteiger charge is -2.30. The quantitative estimate of drug-likeness (QED) is 0.628. The summed E-state index contributed by atoms with van der Waals surface area (Å²) in [5.74, 6) is 0.509. The van der Waals surface area contributed by atoms with Crippen molar-refractivity contribution in [3.05, 3.63) is 65.2 Å². The molecule has 0 heterocycles. The van der Waals surface area contributed by atoms with E-state index in [9.17, 15) is 9.59 Å². The summed E-state index contributed by atoms with van der Waals surface area (Å²) in [6, 6.07) is 15.9. The Morgan fingerprint density at radius 1 is 1.07 bits per heavy atom. The Morgan fingerprint density at radius 2 is 1.72 bits per heavy atom. The molecule has 1 N–H and O–H groups in total. The third-order valence-electron chi connectivity index (χ3n) is 4.44. The lowest BCUT2D eigenvalue weighted by atomic mass is 10.1. The van der Waals surface area contributed by atoms with E-state index in [0.717, 1.165) is 5.56 Å². The van der Waals surface area contributed by atoms with E-state index in [-0.39, 0.29) is 18.4 Å². The Bertz CT molecular complexity index is 778. The zero-order chi connectivity index (χ0) is 21.2. The minimum atomic E-state index is -0.560. The highest BCUT2D eigenvalue weighted by molar-refractivity contribution is 6.30. The number of amides is 2. The smallest absolute Gasteiger partial charge is 0.261 e. The van der Waals surface area contributed by atoms with Gasteiger partial charge >= 0.3 is 0 Å². The summed E-state index contributed by atoms with van der Waals surface area (Å²) in [5, 5.41) is 3.55. The van der Waals surface area contributed by atoms with Crippen molar-refractivity contribution in [2.75, 3.05) is 13.2 Å². The van der Waals surface area contributed by atoms with Crippen molar-refractivity contribution in [2.45, 2.75) is 39.8 Å². The van der Waals surface area contributed by atoms with E-state index in [2.05, 4.69) is 5.32 Å². The third-order valence-corrected chi connectivity index (χ3v) is 4.69. The van der Waals surface area contributed by atoms with Gasteiger partial charge in [0, 0.05) is 18.1 Å². The highest BCUT2D eigenvalue weighted by atomic mass is 35.5. The Hall–Kier alpha value is -2.53. The monoisotopic (exact) mass is 416 g/mol. The van der Waals surface area contributed by atoms with Gasteiger partial charge in [0.2, 0.25) is 5.91 Å². The van der Waals surface area contributed by atoms with Crippen LogP contribution in [0, 0.1) is 5.92 Å². The van der Waals surface area contributed by atoms with Crippen molar-refractivity contribution in [3.63, 3.8) is 0 Å². The van der Waals surface area contributed by atoms with Gasteiger partial charge in [-0.05, 0) is 42.2 Å². The number of nitrogens with one attached hydrogen (secondary N) is 1. The summed E-state index contributed by atoms with van der Waals surface area (Å²) in [4.78, 5) is 27.4. The van der Waals surface area contributed by atoms with Gasteiger partial charge in [0.05, 0.1) is 0 Å². The molecular weight excluding hydrogens is 388 g/mol.